The number of benzene rings is 11. The fraction of sp³-hybridized carbons (Fsp3) is 0. The number of pyridine rings is 2. The molecule has 70 heavy (non-hydrogen) atoms. The molecule has 14 rings (SSSR count). The van der Waals surface area contributed by atoms with Gasteiger partial charge >= 0.3 is 0 Å². The monoisotopic (exact) mass is 888 g/mol. The highest BCUT2D eigenvalue weighted by Gasteiger charge is 2.21. The van der Waals surface area contributed by atoms with E-state index in [1.54, 1.807) is 0 Å². The summed E-state index contributed by atoms with van der Waals surface area (Å²) >= 11 is 0. The number of aromatic nitrogens is 4. The first-order valence-corrected chi connectivity index (χ1v) is 23.8. The molecule has 0 atom stereocenters. The Bertz CT molecular complexity index is 4390. The molecule has 0 unspecified atom stereocenters. The molecule has 0 bridgehead atoms. The fourth-order valence-electron chi connectivity index (χ4n) is 10.8. The van der Waals surface area contributed by atoms with Crippen molar-refractivity contribution in [1.82, 2.24) is 19.9 Å². The zero-order valence-corrected chi connectivity index (χ0v) is 37.9. The normalized spacial score (nSPS) is 11.7. The molecule has 11 aromatic carbocycles. The van der Waals surface area contributed by atoms with Gasteiger partial charge in [-0.25, -0.2) is 9.97 Å². The van der Waals surface area contributed by atoms with Gasteiger partial charge in [0.05, 0.1) is 22.2 Å². The molecule has 0 saturated heterocycles. The topological polar surface area (TPSA) is 51.6 Å². The van der Waals surface area contributed by atoms with Gasteiger partial charge in [0.25, 0.3) is 0 Å². The highest BCUT2D eigenvalue weighted by molar-refractivity contribution is 6.19. The summed E-state index contributed by atoms with van der Waals surface area (Å²) in [7, 11) is 0. The Balaban J connectivity index is 1.06. The van der Waals surface area contributed by atoms with Crippen molar-refractivity contribution in [2.45, 2.75) is 0 Å². The SMILES string of the molecule is c1cnc2c(-c3ccc(-c4nc(-c5ccc(-c6cccc7cccnc67)cc5)c5cc(-c6cc7ccccc7c7ccccc67)cc(-c6cc7ccccc7c7ccccc67)c5n4)cc3)cccc2c1. The second kappa shape index (κ2) is 16.2. The minimum Gasteiger partial charge on any atom is -0.256 e. The van der Waals surface area contributed by atoms with E-state index in [1.165, 1.54) is 43.1 Å². The van der Waals surface area contributed by atoms with Crippen LogP contribution < -0.4 is 0 Å². The van der Waals surface area contributed by atoms with E-state index in [1.807, 2.05) is 24.5 Å². The largest absolute Gasteiger partial charge is 0.256 e. The van der Waals surface area contributed by atoms with Gasteiger partial charge in [-0.2, -0.15) is 0 Å². The van der Waals surface area contributed by atoms with Crippen LogP contribution in [0.2, 0.25) is 0 Å². The highest BCUT2D eigenvalue weighted by Crippen LogP contribution is 2.45. The van der Waals surface area contributed by atoms with Crippen LogP contribution in [0.4, 0.5) is 0 Å². The molecule has 4 heteroatoms. The molecule has 3 heterocycles. The molecule has 0 saturated carbocycles. The van der Waals surface area contributed by atoms with Crippen LogP contribution in [-0.4, -0.2) is 19.9 Å². The summed E-state index contributed by atoms with van der Waals surface area (Å²) in [6.45, 7) is 0. The number of nitrogens with zero attached hydrogens (tertiary/aromatic N) is 4. The van der Waals surface area contributed by atoms with Crippen molar-refractivity contribution in [3.05, 3.63) is 243 Å². The molecule has 0 aliphatic rings. The smallest absolute Gasteiger partial charge is 0.160 e. The van der Waals surface area contributed by atoms with Crippen molar-refractivity contribution >= 4 is 75.8 Å². The van der Waals surface area contributed by atoms with Crippen molar-refractivity contribution in [3.8, 4) is 67.2 Å². The van der Waals surface area contributed by atoms with E-state index in [9.17, 15) is 0 Å². The van der Waals surface area contributed by atoms with E-state index >= 15 is 0 Å². The van der Waals surface area contributed by atoms with Gasteiger partial charge in [-0.1, -0.05) is 194 Å². The van der Waals surface area contributed by atoms with Gasteiger partial charge < -0.3 is 0 Å². The Morgan fingerprint density at radius 2 is 0.686 bits per heavy atom. The summed E-state index contributed by atoms with van der Waals surface area (Å²) in [4.78, 5) is 20.8. The van der Waals surface area contributed by atoms with E-state index in [2.05, 4.69) is 218 Å². The van der Waals surface area contributed by atoms with Crippen LogP contribution in [0.1, 0.15) is 0 Å². The van der Waals surface area contributed by atoms with Gasteiger partial charge in [0, 0.05) is 56.4 Å². The average Bonchev–Trinajstić information content (AvgIpc) is 3.44. The molecule has 14 aromatic rings. The lowest BCUT2D eigenvalue weighted by atomic mass is 9.87. The third kappa shape index (κ3) is 6.53. The van der Waals surface area contributed by atoms with Crippen LogP contribution >= 0.6 is 0 Å². The second-order valence-corrected chi connectivity index (χ2v) is 18.1. The molecule has 4 nitrogen and oxygen atoms in total. The summed E-state index contributed by atoms with van der Waals surface area (Å²) < 4.78 is 0. The summed E-state index contributed by atoms with van der Waals surface area (Å²) in [6.07, 6.45) is 3.73. The van der Waals surface area contributed by atoms with Gasteiger partial charge in [-0.05, 0) is 107 Å². The van der Waals surface area contributed by atoms with Gasteiger partial charge in [-0.15, -0.1) is 0 Å². The van der Waals surface area contributed by atoms with Crippen molar-refractivity contribution in [3.63, 3.8) is 0 Å². The van der Waals surface area contributed by atoms with Crippen molar-refractivity contribution < 1.29 is 0 Å². The number of para-hydroxylation sites is 2. The lowest BCUT2D eigenvalue weighted by molar-refractivity contribution is 1.23. The van der Waals surface area contributed by atoms with E-state index in [-0.39, 0.29) is 0 Å². The van der Waals surface area contributed by atoms with Crippen LogP contribution in [0, 0.1) is 0 Å². The Morgan fingerprint density at radius 1 is 0.229 bits per heavy atom. The number of hydrogen-bond donors (Lipinski definition) is 0. The Hall–Kier alpha value is -9.38. The molecule has 0 spiro atoms. The quantitative estimate of drug-likeness (QED) is 0.156. The number of rotatable bonds is 6. The standard InChI is InChI=1S/C66H40N4/c1-3-19-50-47(13-1)37-58(56-23-7-5-21-54(50)56)49-39-60(59-38-48-14-2-4-20-51(48)55-22-6-8-24-57(55)59)65-61(40-49)64(45-31-27-41(28-32-45)52-25-9-15-43-17-11-35-67-62(43)52)69-66(70-65)46-33-29-42(30-34-46)53-26-10-16-44-18-12-36-68-63(44)53/h1-40H. The third-order valence-electron chi connectivity index (χ3n) is 14.1. The van der Waals surface area contributed by atoms with Gasteiger partial charge in [0.15, 0.2) is 5.82 Å². The van der Waals surface area contributed by atoms with Gasteiger partial charge in [0.1, 0.15) is 0 Å². The van der Waals surface area contributed by atoms with Crippen molar-refractivity contribution in [2.75, 3.05) is 0 Å². The zero-order chi connectivity index (χ0) is 46.1. The molecule has 0 aliphatic heterocycles. The average molecular weight is 889 g/mol. The maximum absolute atomic E-state index is 5.66. The first-order chi connectivity index (χ1) is 34.7. The van der Waals surface area contributed by atoms with E-state index < -0.39 is 0 Å². The molecule has 0 N–H and O–H groups in total. The van der Waals surface area contributed by atoms with Crippen molar-refractivity contribution in [2.24, 2.45) is 0 Å². The van der Waals surface area contributed by atoms with Crippen LogP contribution in [-0.2, 0) is 0 Å². The second-order valence-electron chi connectivity index (χ2n) is 18.1. The minimum absolute atomic E-state index is 0.655. The maximum Gasteiger partial charge on any atom is 0.160 e. The lowest BCUT2D eigenvalue weighted by Crippen LogP contribution is -1.99. The zero-order valence-electron chi connectivity index (χ0n) is 37.9. The summed E-state index contributed by atoms with van der Waals surface area (Å²) in [5.41, 5.74) is 14.4. The molecule has 0 fully saturated rings. The van der Waals surface area contributed by atoms with Crippen LogP contribution in [0.15, 0.2) is 243 Å². The third-order valence-corrected chi connectivity index (χ3v) is 14.1. The Kier molecular flexibility index (Phi) is 9.17. The van der Waals surface area contributed by atoms with Crippen LogP contribution in [0.5, 0.6) is 0 Å². The molecular weight excluding hydrogens is 849 g/mol. The fourth-order valence-corrected chi connectivity index (χ4v) is 10.8. The molecule has 324 valence electrons. The van der Waals surface area contributed by atoms with Crippen molar-refractivity contribution in [1.29, 1.82) is 0 Å². The summed E-state index contributed by atoms with van der Waals surface area (Å²) in [6, 6.07) is 82.8. The summed E-state index contributed by atoms with van der Waals surface area (Å²) in [5.74, 6) is 0.655. The molecular formula is C66H40N4. The molecule has 0 aliphatic carbocycles. The predicted octanol–water partition coefficient (Wildman–Crippen LogP) is 17.3. The Morgan fingerprint density at radius 3 is 1.27 bits per heavy atom. The lowest BCUT2D eigenvalue weighted by Gasteiger charge is -2.19. The first-order valence-electron chi connectivity index (χ1n) is 23.8. The number of hydrogen-bond acceptors (Lipinski definition) is 4. The first kappa shape index (κ1) is 39.8. The predicted molar refractivity (Wildman–Crippen MR) is 293 cm³/mol. The maximum atomic E-state index is 5.66. The summed E-state index contributed by atoms with van der Waals surface area (Å²) in [5, 5.41) is 12.8. The molecule has 0 amide bonds. The Labute approximate surface area is 403 Å². The van der Waals surface area contributed by atoms with Gasteiger partial charge in [0.2, 0.25) is 0 Å². The van der Waals surface area contributed by atoms with E-state index in [0.29, 0.717) is 5.82 Å². The number of fused-ring (bicyclic) bond motifs is 9. The van der Waals surface area contributed by atoms with E-state index in [0.717, 1.165) is 94.0 Å². The van der Waals surface area contributed by atoms with Gasteiger partial charge in [-0.3, -0.25) is 9.97 Å². The molecule has 3 aromatic heterocycles. The van der Waals surface area contributed by atoms with Crippen LogP contribution in [0.3, 0.4) is 0 Å². The van der Waals surface area contributed by atoms with E-state index in [4.69, 9.17) is 19.9 Å². The minimum atomic E-state index is 0.655. The van der Waals surface area contributed by atoms with Crippen LogP contribution in [0.25, 0.3) is 143 Å². The molecule has 0 radical (unpaired) electrons. The highest BCUT2D eigenvalue weighted by atomic mass is 14.9.